The molecule has 0 spiro atoms. The summed E-state index contributed by atoms with van der Waals surface area (Å²) in [6.07, 6.45) is 2.22. The molecular formula is C24H33N3OS2. The number of aryl methyl sites for hydroxylation is 2. The molecule has 162 valence electrons. The number of benzene rings is 1. The molecule has 2 aromatic heterocycles. The van der Waals surface area contributed by atoms with Crippen molar-refractivity contribution in [3.8, 4) is 0 Å². The van der Waals surface area contributed by atoms with Gasteiger partial charge in [0.25, 0.3) is 0 Å². The van der Waals surface area contributed by atoms with E-state index in [1.54, 1.807) is 0 Å². The van der Waals surface area contributed by atoms with Gasteiger partial charge in [0.2, 0.25) is 0 Å². The summed E-state index contributed by atoms with van der Waals surface area (Å²) in [6.45, 7) is 6.43. The molecule has 2 atom stereocenters. The molecule has 0 saturated heterocycles. The van der Waals surface area contributed by atoms with Gasteiger partial charge in [0.05, 0.1) is 6.10 Å². The van der Waals surface area contributed by atoms with Gasteiger partial charge < -0.3 is 21.5 Å². The van der Waals surface area contributed by atoms with Crippen molar-refractivity contribution in [2.24, 2.45) is 5.73 Å². The Labute approximate surface area is 188 Å². The van der Waals surface area contributed by atoms with Crippen molar-refractivity contribution in [2.75, 3.05) is 11.9 Å². The molecule has 1 aromatic carbocycles. The fourth-order valence-corrected chi connectivity index (χ4v) is 5.24. The molecule has 4 nitrogen and oxygen atoms in total. The van der Waals surface area contributed by atoms with Crippen molar-refractivity contribution in [3.63, 3.8) is 0 Å². The number of thiophene rings is 2. The van der Waals surface area contributed by atoms with Crippen LogP contribution in [0.4, 0.5) is 5.69 Å². The number of anilines is 1. The zero-order valence-corrected chi connectivity index (χ0v) is 19.5. The summed E-state index contributed by atoms with van der Waals surface area (Å²) >= 11 is 3.66. The average Bonchev–Trinajstić information content (AvgIpc) is 3.39. The van der Waals surface area contributed by atoms with Crippen LogP contribution in [-0.2, 0) is 32.4 Å². The molecule has 3 rings (SSSR count). The van der Waals surface area contributed by atoms with Crippen LogP contribution in [0.25, 0.3) is 0 Å². The first kappa shape index (κ1) is 23.0. The smallest absolute Gasteiger partial charge is 0.0818 e. The van der Waals surface area contributed by atoms with Gasteiger partial charge in [0, 0.05) is 46.0 Å². The third-order valence-corrected chi connectivity index (χ3v) is 7.60. The monoisotopic (exact) mass is 443 g/mol. The molecule has 30 heavy (non-hydrogen) atoms. The van der Waals surface area contributed by atoms with Crippen LogP contribution in [0.3, 0.4) is 0 Å². The molecule has 5 N–H and O–H groups in total. The predicted molar refractivity (Wildman–Crippen MR) is 131 cm³/mol. The maximum absolute atomic E-state index is 10.5. The van der Waals surface area contributed by atoms with Crippen molar-refractivity contribution in [1.82, 2.24) is 5.32 Å². The Morgan fingerprint density at radius 3 is 2.47 bits per heavy atom. The van der Waals surface area contributed by atoms with Gasteiger partial charge in [-0.3, -0.25) is 0 Å². The number of hydrogen-bond acceptors (Lipinski definition) is 6. The molecule has 2 heterocycles. The summed E-state index contributed by atoms with van der Waals surface area (Å²) in [5.41, 5.74) is 9.89. The van der Waals surface area contributed by atoms with Crippen molar-refractivity contribution in [1.29, 1.82) is 0 Å². The molecular weight excluding hydrogens is 410 g/mol. The third kappa shape index (κ3) is 6.65. The first-order valence-electron chi connectivity index (χ1n) is 10.7. The molecule has 0 unspecified atom stereocenters. The second kappa shape index (κ2) is 11.6. The van der Waals surface area contributed by atoms with Crippen LogP contribution in [-0.4, -0.2) is 23.8 Å². The Morgan fingerprint density at radius 2 is 1.77 bits per heavy atom. The lowest BCUT2D eigenvalue weighted by atomic mass is 10.0. The highest BCUT2D eigenvalue weighted by atomic mass is 32.1. The highest BCUT2D eigenvalue weighted by molar-refractivity contribution is 7.12. The molecule has 0 radical (unpaired) electrons. The van der Waals surface area contributed by atoms with Crippen LogP contribution >= 0.6 is 22.7 Å². The first-order chi connectivity index (χ1) is 14.6. The lowest BCUT2D eigenvalue weighted by Gasteiger charge is -2.19. The summed E-state index contributed by atoms with van der Waals surface area (Å²) in [5.74, 6) is 0. The van der Waals surface area contributed by atoms with Crippen LogP contribution in [0, 0.1) is 0 Å². The Bertz CT molecular complexity index is 891. The van der Waals surface area contributed by atoms with Gasteiger partial charge in [0.15, 0.2) is 0 Å². The van der Waals surface area contributed by atoms with Gasteiger partial charge in [-0.05, 0) is 47.9 Å². The van der Waals surface area contributed by atoms with Gasteiger partial charge in [-0.15, -0.1) is 22.7 Å². The van der Waals surface area contributed by atoms with E-state index in [1.165, 1.54) is 25.9 Å². The Kier molecular flexibility index (Phi) is 8.90. The van der Waals surface area contributed by atoms with Crippen molar-refractivity contribution in [3.05, 3.63) is 73.6 Å². The van der Waals surface area contributed by atoms with Gasteiger partial charge in [-0.2, -0.15) is 0 Å². The summed E-state index contributed by atoms with van der Waals surface area (Å²) in [4.78, 5) is 4.07. The Hall–Kier alpha value is -1.70. The van der Waals surface area contributed by atoms with Gasteiger partial charge in [-0.1, -0.05) is 44.2 Å². The molecule has 6 heteroatoms. The highest BCUT2D eigenvalue weighted by Gasteiger charge is 2.16. The number of aliphatic hydroxyl groups excluding tert-OH is 1. The molecule has 0 aliphatic rings. The SMILES string of the molecule is CCc1cc(CNc2cc(CC)sc2CNC[C@@H](O)[C@@H](N)Cc2ccccc2)cs1. The number of nitrogens with two attached hydrogens (primary N) is 1. The van der Waals surface area contributed by atoms with Crippen molar-refractivity contribution in [2.45, 2.75) is 58.3 Å². The van der Waals surface area contributed by atoms with Crippen LogP contribution in [0.15, 0.2) is 47.8 Å². The first-order valence-corrected chi connectivity index (χ1v) is 12.4. The van der Waals surface area contributed by atoms with Crippen LogP contribution in [0.5, 0.6) is 0 Å². The van der Waals surface area contributed by atoms with Gasteiger partial charge in [-0.25, -0.2) is 0 Å². The standard InChI is InChI=1S/C24H33N3OS2/c1-3-19-10-18(16-29-19)13-27-22-12-20(4-2)30-24(22)15-26-14-23(28)21(25)11-17-8-6-5-7-9-17/h5-10,12,16,21,23,26-28H,3-4,11,13-15,25H2,1-2H3/t21-,23+/m0/s1. The van der Waals surface area contributed by atoms with E-state index in [0.29, 0.717) is 13.0 Å². The number of rotatable bonds is 12. The summed E-state index contributed by atoms with van der Waals surface area (Å²) < 4.78 is 0. The van der Waals surface area contributed by atoms with Crippen LogP contribution < -0.4 is 16.4 Å². The van der Waals surface area contributed by atoms with E-state index in [0.717, 1.165) is 31.5 Å². The molecule has 0 bridgehead atoms. The zero-order valence-electron chi connectivity index (χ0n) is 17.9. The van der Waals surface area contributed by atoms with Crippen molar-refractivity contribution >= 4 is 28.4 Å². The number of nitrogens with one attached hydrogen (secondary N) is 2. The minimum absolute atomic E-state index is 0.279. The van der Waals surface area contributed by atoms with E-state index in [2.05, 4.69) is 42.0 Å². The topological polar surface area (TPSA) is 70.3 Å². The lowest BCUT2D eigenvalue weighted by molar-refractivity contribution is 0.141. The highest BCUT2D eigenvalue weighted by Crippen LogP contribution is 2.28. The second-order valence-electron chi connectivity index (χ2n) is 7.58. The number of aliphatic hydroxyl groups is 1. The summed E-state index contributed by atoms with van der Waals surface area (Å²) in [6, 6.07) is 14.4. The number of hydrogen-bond donors (Lipinski definition) is 4. The van der Waals surface area contributed by atoms with E-state index in [-0.39, 0.29) is 6.04 Å². The fraction of sp³-hybridized carbons (Fsp3) is 0.417. The van der Waals surface area contributed by atoms with Crippen LogP contribution in [0.1, 0.15) is 39.6 Å². The third-order valence-electron chi connectivity index (χ3n) is 5.20. The minimum Gasteiger partial charge on any atom is -0.390 e. The molecule has 3 aromatic rings. The maximum Gasteiger partial charge on any atom is 0.0818 e. The Morgan fingerprint density at radius 1 is 1.00 bits per heavy atom. The zero-order chi connectivity index (χ0) is 21.3. The van der Waals surface area contributed by atoms with E-state index in [9.17, 15) is 5.11 Å². The van der Waals surface area contributed by atoms with Gasteiger partial charge >= 0.3 is 0 Å². The average molecular weight is 444 g/mol. The Balaban J connectivity index is 1.50. The molecule has 0 aliphatic heterocycles. The van der Waals surface area contributed by atoms with E-state index in [1.807, 2.05) is 53.0 Å². The predicted octanol–water partition coefficient (Wildman–Crippen LogP) is 4.57. The van der Waals surface area contributed by atoms with E-state index >= 15 is 0 Å². The lowest BCUT2D eigenvalue weighted by Crippen LogP contribution is -2.42. The van der Waals surface area contributed by atoms with E-state index < -0.39 is 6.10 Å². The fourth-order valence-electron chi connectivity index (χ4n) is 3.35. The maximum atomic E-state index is 10.5. The molecule has 0 fully saturated rings. The molecule has 0 amide bonds. The van der Waals surface area contributed by atoms with Crippen molar-refractivity contribution < 1.29 is 5.11 Å². The molecule has 0 aliphatic carbocycles. The quantitative estimate of drug-likeness (QED) is 0.331. The van der Waals surface area contributed by atoms with E-state index in [4.69, 9.17) is 5.73 Å². The minimum atomic E-state index is -0.578. The molecule has 0 saturated carbocycles. The van der Waals surface area contributed by atoms with Crippen LogP contribution in [0.2, 0.25) is 0 Å². The normalized spacial score (nSPS) is 13.3. The largest absolute Gasteiger partial charge is 0.390 e. The summed E-state index contributed by atoms with van der Waals surface area (Å²) in [5, 5.41) is 19.7. The van der Waals surface area contributed by atoms with Gasteiger partial charge in [0.1, 0.15) is 0 Å². The second-order valence-corrected chi connectivity index (χ2v) is 9.80. The summed E-state index contributed by atoms with van der Waals surface area (Å²) in [7, 11) is 0.